The molecule has 2 saturated carbocycles. The maximum Gasteiger partial charge on any atom is 0.144 e. The summed E-state index contributed by atoms with van der Waals surface area (Å²) in [6, 6.07) is 10.8. The molecule has 0 spiro atoms. The number of nitrogens with zero attached hydrogens (tertiary/aromatic N) is 7. The molecular formula is C39H39F2N7O6. The van der Waals surface area contributed by atoms with Crippen molar-refractivity contribution in [2.24, 2.45) is 4.99 Å². The predicted molar refractivity (Wildman–Crippen MR) is 194 cm³/mol. The lowest BCUT2D eigenvalue weighted by Crippen LogP contribution is -2.34. The zero-order chi connectivity index (χ0) is 37.8. The molecule has 280 valence electrons. The van der Waals surface area contributed by atoms with Crippen LogP contribution in [0.3, 0.4) is 0 Å². The number of hydrogen-bond donors (Lipinski definition) is 4. The van der Waals surface area contributed by atoms with Crippen LogP contribution < -0.4 is 9.47 Å². The first-order valence-corrected chi connectivity index (χ1v) is 17.7. The van der Waals surface area contributed by atoms with Gasteiger partial charge >= 0.3 is 0 Å². The molecule has 0 bridgehead atoms. The second kappa shape index (κ2) is 14.1. The number of rotatable bonds is 10. The summed E-state index contributed by atoms with van der Waals surface area (Å²) < 4.78 is 43.4. The number of ether oxygens (including phenoxy) is 2. The van der Waals surface area contributed by atoms with Crippen LogP contribution in [0, 0.1) is 25.5 Å². The Bertz CT molecular complexity index is 2370. The number of aryl methyl sites for hydroxylation is 2. The van der Waals surface area contributed by atoms with E-state index in [2.05, 4.69) is 21.7 Å². The predicted octanol–water partition coefficient (Wildman–Crippen LogP) is 4.09. The van der Waals surface area contributed by atoms with Crippen LogP contribution in [0.1, 0.15) is 53.3 Å². The van der Waals surface area contributed by atoms with Crippen molar-refractivity contribution in [3.63, 3.8) is 0 Å². The summed E-state index contributed by atoms with van der Waals surface area (Å²) in [5, 5.41) is 45.8. The van der Waals surface area contributed by atoms with Gasteiger partial charge in [0.2, 0.25) is 0 Å². The second-order valence-electron chi connectivity index (χ2n) is 14.1. The van der Waals surface area contributed by atoms with Gasteiger partial charge in [-0.25, -0.2) is 28.7 Å². The molecule has 0 aliphatic heterocycles. The van der Waals surface area contributed by atoms with E-state index in [9.17, 15) is 29.2 Å². The van der Waals surface area contributed by atoms with Crippen LogP contribution in [-0.4, -0.2) is 92.8 Å². The quantitative estimate of drug-likeness (QED) is 0.150. The largest absolute Gasteiger partial charge is 0.487 e. The van der Waals surface area contributed by atoms with Crippen LogP contribution in [0.25, 0.3) is 22.1 Å². The van der Waals surface area contributed by atoms with E-state index in [1.54, 1.807) is 13.1 Å². The van der Waals surface area contributed by atoms with E-state index in [4.69, 9.17) is 19.4 Å². The Morgan fingerprint density at radius 3 is 2.04 bits per heavy atom. The van der Waals surface area contributed by atoms with E-state index in [0.717, 1.165) is 16.5 Å². The number of halogens is 2. The van der Waals surface area contributed by atoms with Gasteiger partial charge in [0.05, 0.1) is 36.4 Å². The Morgan fingerprint density at radius 2 is 1.37 bits per heavy atom. The Morgan fingerprint density at radius 1 is 0.759 bits per heavy atom. The van der Waals surface area contributed by atoms with Gasteiger partial charge in [-0.2, -0.15) is 0 Å². The molecule has 8 atom stereocenters. The van der Waals surface area contributed by atoms with E-state index in [1.165, 1.54) is 42.7 Å². The zero-order valence-corrected chi connectivity index (χ0v) is 29.5. The highest BCUT2D eigenvalue weighted by molar-refractivity contribution is 5.80. The van der Waals surface area contributed by atoms with Gasteiger partial charge in [0.1, 0.15) is 83.2 Å². The molecule has 2 aromatic carbocycles. The first-order chi connectivity index (χ1) is 26.0. The van der Waals surface area contributed by atoms with Crippen LogP contribution in [0.15, 0.2) is 72.2 Å². The fraction of sp³-hybridized carbons (Fsp3) is 0.359. The first-order valence-electron chi connectivity index (χ1n) is 17.7. The first kappa shape index (κ1) is 35.7. The Labute approximate surface area is 308 Å². The van der Waals surface area contributed by atoms with Gasteiger partial charge in [-0.3, -0.25) is 4.99 Å². The van der Waals surface area contributed by atoms with Gasteiger partial charge in [0.25, 0.3) is 0 Å². The molecule has 0 radical (unpaired) electrons. The number of aliphatic imine (C=N–C) groups is 1. The normalized spacial score (nSPS) is 25.5. The molecule has 8 rings (SSSR count). The van der Waals surface area contributed by atoms with Gasteiger partial charge in [-0.15, -0.1) is 0 Å². The highest BCUT2D eigenvalue weighted by Gasteiger charge is 2.46. The van der Waals surface area contributed by atoms with Crippen molar-refractivity contribution in [2.75, 3.05) is 0 Å². The molecule has 2 fully saturated rings. The van der Waals surface area contributed by atoms with Gasteiger partial charge in [0.15, 0.2) is 0 Å². The van der Waals surface area contributed by atoms with Crippen molar-refractivity contribution in [1.29, 1.82) is 0 Å². The fourth-order valence-corrected chi connectivity index (χ4v) is 7.87. The molecule has 4 unspecified atom stereocenters. The smallest absolute Gasteiger partial charge is 0.144 e. The van der Waals surface area contributed by atoms with Crippen LogP contribution in [0.2, 0.25) is 0 Å². The Hall–Kier alpha value is -5.35. The number of hydrogen-bond acceptors (Lipinski definition) is 11. The molecule has 13 nitrogen and oxygen atoms in total. The monoisotopic (exact) mass is 739 g/mol. The van der Waals surface area contributed by atoms with E-state index >= 15 is 0 Å². The summed E-state index contributed by atoms with van der Waals surface area (Å²) in [6.45, 7) is 7.21. The van der Waals surface area contributed by atoms with E-state index in [-0.39, 0.29) is 31.6 Å². The maximum atomic E-state index is 13.9. The van der Waals surface area contributed by atoms with Crippen LogP contribution in [0.4, 0.5) is 8.78 Å². The summed E-state index contributed by atoms with van der Waals surface area (Å²) in [5.74, 6) is 0.430. The molecule has 6 aromatic rings. The van der Waals surface area contributed by atoms with Crippen molar-refractivity contribution in [3.8, 4) is 11.5 Å². The number of aliphatic hydroxyl groups excluding tert-OH is 4. The highest BCUT2D eigenvalue weighted by atomic mass is 19.1. The molecule has 4 N–H and O–H groups in total. The third-order valence-corrected chi connectivity index (χ3v) is 10.6. The lowest BCUT2D eigenvalue weighted by Gasteiger charge is -2.20. The third-order valence-electron chi connectivity index (χ3n) is 10.6. The molecule has 0 saturated heterocycles. The molecular weight excluding hydrogens is 700 g/mol. The summed E-state index contributed by atoms with van der Waals surface area (Å²) in [4.78, 5) is 22.6. The molecule has 2 aliphatic carbocycles. The van der Waals surface area contributed by atoms with E-state index in [1.807, 2.05) is 34.4 Å². The Kier molecular flexibility index (Phi) is 9.34. The standard InChI is InChI=1S/C39H39F2N7O6/c1-19-12-22(40)4-6-29(19)53-31-15-27(34(49)36(31)51)47-11-9-25-26(43-18-44-38(25)47)14-33-45-20(2)24-8-10-48(39(24)46-33)28-16-32(37(52)35(28)50)54-30-7-5-23(41)13-21(30)17-42-3/h4-13,18,27-28,31-32,34-37,49-52H,3,14-17H2,1-2H3/t27?,28-,31?,32+,34-,35?,36+,37?/m0/s1. The van der Waals surface area contributed by atoms with Gasteiger partial charge in [-0.1, -0.05) is 0 Å². The van der Waals surface area contributed by atoms with E-state index in [0.29, 0.717) is 45.4 Å². The minimum atomic E-state index is -1.23. The van der Waals surface area contributed by atoms with Gasteiger partial charge in [0, 0.05) is 41.6 Å². The molecule has 2 aliphatic rings. The molecule has 0 amide bonds. The van der Waals surface area contributed by atoms with Crippen molar-refractivity contribution in [2.45, 2.75) is 88.4 Å². The lowest BCUT2D eigenvalue weighted by molar-refractivity contribution is -0.0166. The average molecular weight is 740 g/mol. The van der Waals surface area contributed by atoms with Crippen molar-refractivity contribution < 1.29 is 38.7 Å². The van der Waals surface area contributed by atoms with Crippen LogP contribution in [0.5, 0.6) is 11.5 Å². The number of fused-ring (bicyclic) bond motifs is 2. The van der Waals surface area contributed by atoms with Crippen molar-refractivity contribution in [1.82, 2.24) is 29.1 Å². The van der Waals surface area contributed by atoms with E-state index < -0.39 is 54.5 Å². The number of aromatic nitrogens is 6. The average Bonchev–Trinajstić information content (AvgIpc) is 3.90. The summed E-state index contributed by atoms with van der Waals surface area (Å²) >= 11 is 0. The van der Waals surface area contributed by atoms with Crippen LogP contribution >= 0.6 is 0 Å². The fourth-order valence-electron chi connectivity index (χ4n) is 7.87. The van der Waals surface area contributed by atoms with Crippen molar-refractivity contribution >= 4 is 28.8 Å². The van der Waals surface area contributed by atoms with Gasteiger partial charge < -0.3 is 39.0 Å². The second-order valence-corrected chi connectivity index (χ2v) is 14.1. The highest BCUT2D eigenvalue weighted by Crippen LogP contribution is 2.39. The summed E-state index contributed by atoms with van der Waals surface area (Å²) in [7, 11) is 0. The molecule has 54 heavy (non-hydrogen) atoms. The van der Waals surface area contributed by atoms with Crippen LogP contribution in [-0.2, 0) is 13.0 Å². The molecule has 15 heteroatoms. The molecule has 4 aromatic heterocycles. The minimum Gasteiger partial charge on any atom is -0.487 e. The summed E-state index contributed by atoms with van der Waals surface area (Å²) in [5.41, 5.74) is 3.55. The maximum absolute atomic E-state index is 13.9. The minimum absolute atomic E-state index is 0.131. The number of aliphatic hydroxyl groups is 4. The topological polar surface area (TPSA) is 173 Å². The SMILES string of the molecule is C=NCc1cc(F)ccc1O[C@@H]1C[C@H](n2ccc3c(C)nc(Cc4ncnc5c4ccn5C4CC(Oc5ccc(F)cc5C)[C@@H](O)[C@H]4O)nc32)C(O)C1O. The summed E-state index contributed by atoms with van der Waals surface area (Å²) in [6.07, 6.45) is -0.454. The third kappa shape index (κ3) is 6.36. The Balaban J connectivity index is 1.04. The lowest BCUT2D eigenvalue weighted by atomic mass is 10.2. The number of benzene rings is 2. The van der Waals surface area contributed by atoms with Crippen molar-refractivity contribution in [3.05, 3.63) is 107 Å². The zero-order valence-electron chi connectivity index (χ0n) is 29.5. The molecule has 4 heterocycles. The van der Waals surface area contributed by atoms with Gasteiger partial charge in [-0.05, 0) is 74.7 Å².